The number of ether oxygens (including phenoxy) is 6. The van der Waals surface area contributed by atoms with Crippen molar-refractivity contribution in [3.05, 3.63) is 82.5 Å². The molecule has 320 valence electrons. The highest BCUT2D eigenvalue weighted by molar-refractivity contribution is 5.90. The number of aliphatic hydroxyl groups excluding tert-OH is 6. The fraction of sp³-hybridized carbons (Fsp3) is 0.333. The molecule has 3 heterocycles. The van der Waals surface area contributed by atoms with Crippen LogP contribution in [0.4, 0.5) is 0 Å². The number of carboxylic acid groups (broad SMARTS) is 1. The van der Waals surface area contributed by atoms with Gasteiger partial charge in [0.05, 0.1) is 11.6 Å². The second-order valence-electron chi connectivity index (χ2n) is 13.6. The van der Waals surface area contributed by atoms with Crippen molar-refractivity contribution in [2.75, 3.05) is 13.2 Å². The number of fused-ring (bicyclic) bond motifs is 1. The van der Waals surface area contributed by atoms with E-state index in [0.29, 0.717) is 5.56 Å². The van der Waals surface area contributed by atoms with Gasteiger partial charge in [-0.05, 0) is 54.1 Å². The molecule has 11 N–H and O–H groups in total. The average Bonchev–Trinajstić information content (AvgIpc) is 3.20. The zero-order valence-corrected chi connectivity index (χ0v) is 30.8. The minimum atomic E-state index is -1.97. The molecule has 0 spiro atoms. The van der Waals surface area contributed by atoms with E-state index in [-0.39, 0.29) is 45.6 Å². The molecule has 21 heteroatoms. The number of carbonyl (C=O) groups excluding carboxylic acids is 2. The van der Waals surface area contributed by atoms with Gasteiger partial charge in [0.15, 0.2) is 34.5 Å². The van der Waals surface area contributed by atoms with Gasteiger partial charge in [0.1, 0.15) is 73.0 Å². The summed E-state index contributed by atoms with van der Waals surface area (Å²) in [5.41, 5.74) is -0.149. The first-order valence-electron chi connectivity index (χ1n) is 17.9. The number of rotatable bonds is 13. The molecular weight excluding hydrogens is 804 g/mol. The van der Waals surface area contributed by atoms with E-state index in [1.165, 1.54) is 54.6 Å². The minimum Gasteiger partial charge on any atom is -0.508 e. The Morgan fingerprint density at radius 3 is 1.90 bits per heavy atom. The third-order valence-corrected chi connectivity index (χ3v) is 9.26. The Bertz CT molecular complexity index is 2240. The van der Waals surface area contributed by atoms with E-state index >= 15 is 0 Å². The van der Waals surface area contributed by atoms with Crippen LogP contribution in [-0.4, -0.2) is 148 Å². The monoisotopic (exact) mass is 843 g/mol. The summed E-state index contributed by atoms with van der Waals surface area (Å²) in [7, 11) is 0. The van der Waals surface area contributed by atoms with E-state index in [1.807, 2.05) is 0 Å². The third kappa shape index (κ3) is 9.93. The van der Waals surface area contributed by atoms with Crippen LogP contribution >= 0.6 is 0 Å². The molecule has 0 saturated carbocycles. The van der Waals surface area contributed by atoms with Crippen molar-refractivity contribution in [1.29, 1.82) is 0 Å². The van der Waals surface area contributed by atoms with Gasteiger partial charge in [-0.2, -0.15) is 0 Å². The lowest BCUT2D eigenvalue weighted by Crippen LogP contribution is -2.60. The van der Waals surface area contributed by atoms with Crippen molar-refractivity contribution in [2.24, 2.45) is 0 Å². The van der Waals surface area contributed by atoms with E-state index in [9.17, 15) is 65.1 Å². The number of hydrogen-bond donors (Lipinski definition) is 10. The van der Waals surface area contributed by atoms with Crippen molar-refractivity contribution in [3.8, 4) is 51.4 Å². The van der Waals surface area contributed by atoms with E-state index in [2.05, 4.69) is 0 Å². The number of phenolic OH excluding ortho intramolecular Hbond substituents is 3. The van der Waals surface area contributed by atoms with Crippen LogP contribution in [0.5, 0.6) is 28.7 Å². The van der Waals surface area contributed by atoms with Crippen LogP contribution in [0.1, 0.15) is 12.0 Å². The maximum absolute atomic E-state index is 12.9. The van der Waals surface area contributed by atoms with Crippen molar-refractivity contribution in [2.45, 2.75) is 67.8 Å². The molecule has 0 bridgehead atoms. The van der Waals surface area contributed by atoms with Gasteiger partial charge in [0, 0.05) is 17.7 Å². The summed E-state index contributed by atoms with van der Waals surface area (Å²) in [5, 5.41) is 102. The molecule has 2 saturated heterocycles. The number of esters is 2. The Kier molecular flexibility index (Phi) is 13.2. The Hall–Kier alpha value is -6.30. The standard InChI is InChI=1S/C39H38O21/c40-18-5-3-17(4-6-18)37-25(58-39-36(53)34(51)31(48)26(60-39)14-54-29(46)8-2-16-1-7-21(42)22(43)9-16)12-20-23(56-37)10-19(41)11-24(20)57-38-35(52)33(50)32(49)27(59-38)15-55-30(47)13-28(44)45/h1-12,26-27,31-36,38-40,42-43,48-53H,13-15H2,(H,44,45)/p+1/t26-,27-,31-,32-,33+,34+,35-,36-,38-,39-/m1/s1. The molecule has 2 aromatic rings. The first kappa shape index (κ1) is 43.3. The van der Waals surface area contributed by atoms with E-state index in [4.69, 9.17) is 37.9 Å². The summed E-state index contributed by atoms with van der Waals surface area (Å²) in [6.07, 6.45) is -16.6. The lowest BCUT2D eigenvalue weighted by atomic mass is 9.99. The number of aromatic hydroxyl groups is 3. The lowest BCUT2D eigenvalue weighted by Gasteiger charge is -2.40. The summed E-state index contributed by atoms with van der Waals surface area (Å²) in [6.45, 7) is -1.37. The van der Waals surface area contributed by atoms with Gasteiger partial charge in [-0.25, -0.2) is 0 Å². The second-order valence-corrected chi connectivity index (χ2v) is 13.6. The number of benzene rings is 3. The number of carboxylic acids is 1. The first-order valence-corrected chi connectivity index (χ1v) is 17.9. The van der Waals surface area contributed by atoms with Crippen molar-refractivity contribution >= 4 is 24.0 Å². The summed E-state index contributed by atoms with van der Waals surface area (Å²) in [4.78, 5) is 45.9. The molecule has 0 unspecified atom stereocenters. The topological polar surface area (TPSA) is 343 Å². The minimum absolute atomic E-state index is 0.0630. The number of aliphatic hydroxyl groups is 6. The van der Waals surface area contributed by atoms with E-state index < -0.39 is 110 Å². The quantitative estimate of drug-likeness (QED) is 0.0258. The third-order valence-electron chi connectivity index (χ3n) is 9.26. The normalized spacial score (nSPS) is 26.7. The number of phenols is 3. The van der Waals surface area contributed by atoms with Crippen LogP contribution in [0.3, 0.4) is 0 Å². The predicted molar refractivity (Wildman–Crippen MR) is 198 cm³/mol. The summed E-state index contributed by atoms with van der Waals surface area (Å²) >= 11 is 0. The molecular formula is C39H39O21+. The van der Waals surface area contributed by atoms with Gasteiger partial charge in [0.2, 0.25) is 19.2 Å². The molecule has 0 aromatic heterocycles. The van der Waals surface area contributed by atoms with Crippen LogP contribution in [0, 0.1) is 0 Å². The largest absolute Gasteiger partial charge is 0.510 e. The van der Waals surface area contributed by atoms with Crippen LogP contribution in [0.15, 0.2) is 76.0 Å². The Labute approximate surface area is 337 Å². The summed E-state index contributed by atoms with van der Waals surface area (Å²) < 4.78 is 39.4. The average molecular weight is 844 g/mol. The van der Waals surface area contributed by atoms with Crippen LogP contribution in [-0.2, 0) is 28.5 Å². The van der Waals surface area contributed by atoms with Crippen LogP contribution in [0.2, 0.25) is 0 Å². The highest BCUT2D eigenvalue weighted by atomic mass is 16.7. The SMILES string of the molecule is O=C(O)CC(=O)OC[C@H]1O[C@@H](Oc2cc(=O)cc3oc(-c4ccc(O)cc4)c(O[C@@H]4O[C@H](COC(=[OH+])C=Cc5ccc(O)c(O)c5)[C@@H](O)[C@H](O)[C@H]4O)cc2-3)[C@H](O)[C@@H](O)[C@@H]1O. The maximum atomic E-state index is 12.9. The van der Waals surface area contributed by atoms with Crippen LogP contribution < -0.4 is 14.9 Å². The van der Waals surface area contributed by atoms with Crippen molar-refractivity contribution in [3.63, 3.8) is 0 Å². The number of hydrogen-bond acceptors (Lipinski definition) is 19. The van der Waals surface area contributed by atoms with Crippen molar-refractivity contribution in [1.82, 2.24) is 0 Å². The molecule has 2 fully saturated rings. The molecule has 6 rings (SSSR count). The Morgan fingerprint density at radius 1 is 0.700 bits per heavy atom. The number of aliphatic carboxylic acids is 1. The fourth-order valence-corrected chi connectivity index (χ4v) is 6.09. The van der Waals surface area contributed by atoms with Gasteiger partial charge in [-0.3, -0.25) is 14.4 Å². The van der Waals surface area contributed by atoms with Crippen molar-refractivity contribution < 1.29 is 98.3 Å². The smallest absolute Gasteiger partial charge is 0.508 e. The van der Waals surface area contributed by atoms with Gasteiger partial charge >= 0.3 is 17.9 Å². The van der Waals surface area contributed by atoms with E-state index in [0.717, 1.165) is 18.2 Å². The molecule has 0 radical (unpaired) electrons. The molecule has 2 aromatic carbocycles. The van der Waals surface area contributed by atoms with Gasteiger partial charge < -0.3 is 88.7 Å². The van der Waals surface area contributed by atoms with Gasteiger partial charge in [-0.15, -0.1) is 0 Å². The van der Waals surface area contributed by atoms with Gasteiger partial charge in [-0.1, -0.05) is 6.07 Å². The Morgan fingerprint density at radius 2 is 1.30 bits per heavy atom. The lowest BCUT2D eigenvalue weighted by molar-refractivity contribution is -0.278. The summed E-state index contributed by atoms with van der Waals surface area (Å²) in [6, 6.07) is 12.5. The predicted octanol–water partition coefficient (Wildman–Crippen LogP) is -0.849. The molecule has 3 aliphatic heterocycles. The highest BCUT2D eigenvalue weighted by Gasteiger charge is 2.48. The van der Waals surface area contributed by atoms with Crippen LogP contribution in [0.25, 0.3) is 28.7 Å². The fourth-order valence-electron chi connectivity index (χ4n) is 6.09. The molecule has 4 aliphatic rings. The highest BCUT2D eigenvalue weighted by Crippen LogP contribution is 2.43. The maximum Gasteiger partial charge on any atom is 0.510 e. The Balaban J connectivity index is 1.28. The number of carbonyl (C=O) groups is 2. The first-order chi connectivity index (χ1) is 28.5. The zero-order valence-electron chi connectivity index (χ0n) is 30.8. The van der Waals surface area contributed by atoms with Gasteiger partial charge in [0.25, 0.3) is 0 Å². The molecule has 60 heavy (non-hydrogen) atoms. The second kappa shape index (κ2) is 18.3. The molecule has 1 aliphatic carbocycles. The zero-order chi connectivity index (χ0) is 43.4. The molecule has 21 nitrogen and oxygen atoms in total. The van der Waals surface area contributed by atoms with E-state index in [1.54, 1.807) is 0 Å². The molecule has 10 atom stereocenters. The summed E-state index contributed by atoms with van der Waals surface area (Å²) in [5.74, 6) is -5.18. The molecule has 0 amide bonds.